The van der Waals surface area contributed by atoms with E-state index in [2.05, 4.69) is 9.64 Å². The summed E-state index contributed by atoms with van der Waals surface area (Å²) in [6.07, 6.45) is 5.61. The van der Waals surface area contributed by atoms with Crippen LogP contribution in [0.5, 0.6) is 0 Å². The van der Waals surface area contributed by atoms with Gasteiger partial charge in [-0.3, -0.25) is 9.69 Å². The van der Waals surface area contributed by atoms with Gasteiger partial charge < -0.3 is 4.74 Å². The third kappa shape index (κ3) is 4.66. The molecule has 2 fully saturated rings. The van der Waals surface area contributed by atoms with E-state index in [1.165, 1.54) is 32.8 Å². The van der Waals surface area contributed by atoms with Gasteiger partial charge in [0.2, 0.25) is 10.0 Å². The largest absolute Gasteiger partial charge is 0.469 e. The number of nitrogens with zero attached hydrogens (tertiary/aromatic N) is 2. The average Bonchev–Trinajstić information content (AvgIpc) is 3.01. The smallest absolute Gasteiger partial charge is 0.305 e. The average molecular weight is 318 g/mol. The van der Waals surface area contributed by atoms with Crippen LogP contribution in [0.3, 0.4) is 0 Å². The van der Waals surface area contributed by atoms with Gasteiger partial charge in [0.05, 0.1) is 12.9 Å². The van der Waals surface area contributed by atoms with Gasteiger partial charge in [0, 0.05) is 38.6 Å². The van der Waals surface area contributed by atoms with Crippen LogP contribution in [0, 0.1) is 0 Å². The second-order valence-electron chi connectivity index (χ2n) is 5.87. The van der Waals surface area contributed by atoms with Crippen LogP contribution in [0.1, 0.15) is 38.5 Å². The Balaban J connectivity index is 1.76. The number of carbonyl (C=O) groups excluding carboxylic acids is 1. The van der Waals surface area contributed by atoms with Crippen LogP contribution in [-0.4, -0.2) is 68.7 Å². The molecule has 0 bridgehead atoms. The maximum Gasteiger partial charge on any atom is 0.305 e. The Morgan fingerprint density at radius 1 is 1.14 bits per heavy atom. The molecule has 0 aromatic heterocycles. The summed E-state index contributed by atoms with van der Waals surface area (Å²) in [5.41, 5.74) is 0. The van der Waals surface area contributed by atoms with Crippen molar-refractivity contribution in [2.45, 2.75) is 44.6 Å². The number of rotatable bonds is 6. The van der Waals surface area contributed by atoms with Crippen molar-refractivity contribution >= 4 is 16.0 Å². The Labute approximate surface area is 127 Å². The van der Waals surface area contributed by atoms with Crippen molar-refractivity contribution in [3.63, 3.8) is 0 Å². The fourth-order valence-electron chi connectivity index (χ4n) is 3.25. The van der Waals surface area contributed by atoms with Crippen LogP contribution in [0.4, 0.5) is 0 Å². The molecule has 0 unspecified atom stereocenters. The van der Waals surface area contributed by atoms with Gasteiger partial charge in [-0.2, -0.15) is 4.31 Å². The highest BCUT2D eigenvalue weighted by Gasteiger charge is 2.30. The molecule has 0 aromatic carbocycles. The third-order valence-corrected chi connectivity index (χ3v) is 6.48. The molecule has 6 nitrogen and oxygen atoms in total. The molecule has 21 heavy (non-hydrogen) atoms. The molecule has 0 N–H and O–H groups in total. The molecule has 1 aliphatic carbocycles. The van der Waals surface area contributed by atoms with E-state index in [4.69, 9.17) is 0 Å². The first-order valence-electron chi connectivity index (χ1n) is 7.81. The van der Waals surface area contributed by atoms with E-state index < -0.39 is 10.0 Å². The van der Waals surface area contributed by atoms with Crippen molar-refractivity contribution in [1.82, 2.24) is 9.21 Å². The molecule has 2 aliphatic rings. The molecule has 0 amide bonds. The zero-order chi connectivity index (χ0) is 15.3. The van der Waals surface area contributed by atoms with E-state index in [0.717, 1.165) is 13.1 Å². The van der Waals surface area contributed by atoms with Gasteiger partial charge in [0.15, 0.2) is 0 Å². The molecule has 0 spiro atoms. The molecular formula is C14H26N2O4S. The lowest BCUT2D eigenvalue weighted by Gasteiger charge is -2.37. The van der Waals surface area contributed by atoms with Gasteiger partial charge in [0.1, 0.15) is 0 Å². The van der Waals surface area contributed by atoms with Crippen LogP contribution < -0.4 is 0 Å². The van der Waals surface area contributed by atoms with E-state index in [0.29, 0.717) is 25.6 Å². The lowest BCUT2D eigenvalue weighted by molar-refractivity contribution is -0.140. The Morgan fingerprint density at radius 3 is 2.33 bits per heavy atom. The summed E-state index contributed by atoms with van der Waals surface area (Å²) in [7, 11) is -1.92. The molecule has 0 atom stereocenters. The quantitative estimate of drug-likeness (QED) is 0.679. The Morgan fingerprint density at radius 2 is 1.76 bits per heavy atom. The second kappa shape index (κ2) is 7.56. The number of methoxy groups -OCH3 is 1. The van der Waals surface area contributed by atoms with E-state index in [9.17, 15) is 13.2 Å². The molecule has 0 radical (unpaired) electrons. The first kappa shape index (κ1) is 16.7. The maximum absolute atomic E-state index is 12.2. The molecule has 1 saturated carbocycles. The van der Waals surface area contributed by atoms with Crippen molar-refractivity contribution in [2.75, 3.05) is 39.0 Å². The summed E-state index contributed by atoms with van der Waals surface area (Å²) >= 11 is 0. The Kier molecular flexibility index (Phi) is 6.01. The monoisotopic (exact) mass is 318 g/mol. The minimum absolute atomic E-state index is 0.0333. The normalized spacial score (nSPS) is 22.5. The minimum atomic E-state index is -3.24. The fraction of sp³-hybridized carbons (Fsp3) is 0.929. The number of hydrogen-bond acceptors (Lipinski definition) is 5. The molecule has 1 heterocycles. The summed E-state index contributed by atoms with van der Waals surface area (Å²) in [5, 5.41) is 0. The van der Waals surface area contributed by atoms with Gasteiger partial charge in [-0.25, -0.2) is 8.42 Å². The number of carbonyl (C=O) groups is 1. The van der Waals surface area contributed by atoms with Gasteiger partial charge in [0.25, 0.3) is 0 Å². The Bertz CT molecular complexity index is 438. The molecule has 0 aromatic rings. The van der Waals surface area contributed by atoms with Crippen LogP contribution in [0.2, 0.25) is 0 Å². The highest BCUT2D eigenvalue weighted by molar-refractivity contribution is 7.89. The number of hydrogen-bond donors (Lipinski definition) is 0. The molecule has 7 heteroatoms. The minimum Gasteiger partial charge on any atom is -0.469 e. The number of piperazine rings is 1. The van der Waals surface area contributed by atoms with E-state index in [1.54, 1.807) is 4.31 Å². The molecule has 1 saturated heterocycles. The first-order valence-corrected chi connectivity index (χ1v) is 9.42. The molecule has 1 aliphatic heterocycles. The maximum atomic E-state index is 12.2. The van der Waals surface area contributed by atoms with Crippen molar-refractivity contribution in [1.29, 1.82) is 0 Å². The third-order valence-electron chi connectivity index (χ3n) is 4.52. The van der Waals surface area contributed by atoms with Crippen LogP contribution in [0.25, 0.3) is 0 Å². The second-order valence-corrected chi connectivity index (χ2v) is 7.96. The predicted octanol–water partition coefficient (Wildman–Crippen LogP) is 0.830. The van der Waals surface area contributed by atoms with Crippen LogP contribution in [0.15, 0.2) is 0 Å². The van der Waals surface area contributed by atoms with E-state index in [-0.39, 0.29) is 18.1 Å². The first-order chi connectivity index (χ1) is 10.0. The summed E-state index contributed by atoms with van der Waals surface area (Å²) in [5.74, 6) is -0.317. The number of sulfonamides is 1. The SMILES string of the molecule is COC(=O)CCCS(=O)(=O)N1CCN(C2CCCC2)CC1. The van der Waals surface area contributed by atoms with E-state index >= 15 is 0 Å². The lowest BCUT2D eigenvalue weighted by atomic mass is 10.2. The summed E-state index contributed by atoms with van der Waals surface area (Å²) in [6, 6.07) is 0.661. The Hall–Kier alpha value is -0.660. The van der Waals surface area contributed by atoms with Gasteiger partial charge in [-0.05, 0) is 19.3 Å². The van der Waals surface area contributed by atoms with Crippen molar-refractivity contribution in [3.8, 4) is 0 Å². The number of esters is 1. The van der Waals surface area contributed by atoms with Gasteiger partial charge in [-0.1, -0.05) is 12.8 Å². The topological polar surface area (TPSA) is 66.9 Å². The number of ether oxygens (including phenoxy) is 1. The predicted molar refractivity (Wildman–Crippen MR) is 80.4 cm³/mol. The van der Waals surface area contributed by atoms with Crippen LogP contribution in [-0.2, 0) is 19.6 Å². The van der Waals surface area contributed by atoms with Crippen LogP contribution >= 0.6 is 0 Å². The highest BCUT2D eigenvalue weighted by atomic mass is 32.2. The van der Waals surface area contributed by atoms with Gasteiger partial charge >= 0.3 is 5.97 Å². The highest BCUT2D eigenvalue weighted by Crippen LogP contribution is 2.24. The van der Waals surface area contributed by atoms with Crippen molar-refractivity contribution in [3.05, 3.63) is 0 Å². The lowest BCUT2D eigenvalue weighted by Crippen LogP contribution is -2.51. The van der Waals surface area contributed by atoms with Gasteiger partial charge in [-0.15, -0.1) is 0 Å². The summed E-state index contributed by atoms with van der Waals surface area (Å²) in [4.78, 5) is 13.5. The molecule has 122 valence electrons. The molecular weight excluding hydrogens is 292 g/mol. The zero-order valence-electron chi connectivity index (χ0n) is 12.8. The fourth-order valence-corrected chi connectivity index (χ4v) is 4.73. The van der Waals surface area contributed by atoms with Crippen molar-refractivity contribution in [2.24, 2.45) is 0 Å². The summed E-state index contributed by atoms with van der Waals surface area (Å²) in [6.45, 7) is 2.83. The summed E-state index contributed by atoms with van der Waals surface area (Å²) < 4.78 is 30.6. The van der Waals surface area contributed by atoms with Crippen molar-refractivity contribution < 1.29 is 17.9 Å². The van der Waals surface area contributed by atoms with E-state index in [1.807, 2.05) is 0 Å². The zero-order valence-corrected chi connectivity index (χ0v) is 13.6. The molecule has 2 rings (SSSR count). The standard InChI is InChI=1S/C14H26N2O4S/c1-20-14(17)7-4-12-21(18,19)16-10-8-15(9-11-16)13-5-2-3-6-13/h13H,2-12H2,1H3.